The van der Waals surface area contributed by atoms with Gasteiger partial charge in [0.25, 0.3) is 0 Å². The van der Waals surface area contributed by atoms with E-state index in [1.165, 1.54) is 13.5 Å². The first-order valence-electron chi connectivity index (χ1n) is 7.02. The molecule has 1 amide bonds. The van der Waals surface area contributed by atoms with Crippen LogP contribution < -0.4 is 5.32 Å². The highest BCUT2D eigenvalue weighted by Crippen LogP contribution is 2.22. The molecule has 5 heteroatoms. The van der Waals surface area contributed by atoms with Crippen molar-refractivity contribution in [1.29, 1.82) is 0 Å². The molecular weight excluding hydrogens is 244 g/mol. The number of ether oxygens (including phenoxy) is 1. The first kappa shape index (κ1) is 16.0. The Morgan fingerprint density at radius 3 is 2.68 bits per heavy atom. The monoisotopic (exact) mass is 270 g/mol. The van der Waals surface area contributed by atoms with Crippen molar-refractivity contribution in [2.75, 3.05) is 26.7 Å². The van der Waals surface area contributed by atoms with E-state index in [2.05, 4.69) is 28.8 Å². The molecule has 1 fully saturated rings. The number of amides is 1. The third-order valence-corrected chi connectivity index (χ3v) is 3.82. The van der Waals surface area contributed by atoms with E-state index >= 15 is 0 Å². The minimum Gasteiger partial charge on any atom is -0.468 e. The summed E-state index contributed by atoms with van der Waals surface area (Å²) in [5.41, 5.74) is 0. The van der Waals surface area contributed by atoms with Gasteiger partial charge in [0.1, 0.15) is 6.54 Å². The molecule has 0 bridgehead atoms. The molecule has 0 spiro atoms. The number of methoxy groups -OCH3 is 1. The van der Waals surface area contributed by atoms with E-state index < -0.39 is 5.97 Å². The molecule has 1 aliphatic rings. The van der Waals surface area contributed by atoms with Crippen LogP contribution in [0.4, 0.5) is 0 Å². The summed E-state index contributed by atoms with van der Waals surface area (Å²) in [4.78, 5) is 25.2. The molecule has 0 radical (unpaired) electrons. The molecular formula is C14H26N2O3. The zero-order chi connectivity index (χ0) is 14.4. The van der Waals surface area contributed by atoms with Crippen LogP contribution in [0.15, 0.2) is 0 Å². The second kappa shape index (κ2) is 7.48. The van der Waals surface area contributed by atoms with Gasteiger partial charge in [0.2, 0.25) is 5.91 Å². The number of hydrogen-bond acceptors (Lipinski definition) is 4. The molecule has 1 heterocycles. The summed E-state index contributed by atoms with van der Waals surface area (Å²) in [6, 6.07) is -0.197. The standard InChI is InChI=1S/C14H26N2O3/c1-10-5-6-16(9-11(2)7-10)12(3)14(18)15-8-13(17)19-4/h10-12H,5-9H2,1-4H3,(H,15,18)/t10-,11-,12-/m0/s1. The first-order valence-corrected chi connectivity index (χ1v) is 7.02. The number of rotatable bonds is 4. The molecule has 1 aliphatic heterocycles. The van der Waals surface area contributed by atoms with Crippen molar-refractivity contribution in [3.05, 3.63) is 0 Å². The van der Waals surface area contributed by atoms with Crippen LogP contribution in [0, 0.1) is 11.8 Å². The van der Waals surface area contributed by atoms with Gasteiger partial charge in [-0.15, -0.1) is 0 Å². The minimum absolute atomic E-state index is 0.0561. The molecule has 0 aromatic rings. The van der Waals surface area contributed by atoms with Crippen molar-refractivity contribution in [2.24, 2.45) is 11.8 Å². The Bertz CT molecular complexity index is 320. The fourth-order valence-electron chi connectivity index (χ4n) is 2.65. The highest BCUT2D eigenvalue weighted by atomic mass is 16.5. The normalized spacial score (nSPS) is 26.3. The summed E-state index contributed by atoms with van der Waals surface area (Å²) in [6.07, 6.45) is 2.34. The van der Waals surface area contributed by atoms with Gasteiger partial charge in [-0.25, -0.2) is 0 Å². The van der Waals surface area contributed by atoms with E-state index in [1.54, 1.807) is 0 Å². The maximum Gasteiger partial charge on any atom is 0.325 e. The van der Waals surface area contributed by atoms with E-state index in [-0.39, 0.29) is 18.5 Å². The van der Waals surface area contributed by atoms with Crippen LogP contribution in [-0.2, 0) is 14.3 Å². The van der Waals surface area contributed by atoms with Crippen LogP contribution in [0.1, 0.15) is 33.6 Å². The number of carbonyl (C=O) groups excluding carboxylic acids is 2. The van der Waals surface area contributed by atoms with Crippen molar-refractivity contribution in [3.8, 4) is 0 Å². The van der Waals surface area contributed by atoms with E-state index in [4.69, 9.17) is 0 Å². The Balaban J connectivity index is 2.48. The molecule has 1 N–H and O–H groups in total. The Kier molecular flexibility index (Phi) is 6.28. The van der Waals surface area contributed by atoms with Gasteiger partial charge in [0.15, 0.2) is 0 Å². The molecule has 1 rings (SSSR count). The quantitative estimate of drug-likeness (QED) is 0.775. The van der Waals surface area contributed by atoms with Crippen LogP contribution >= 0.6 is 0 Å². The zero-order valence-electron chi connectivity index (χ0n) is 12.4. The smallest absolute Gasteiger partial charge is 0.325 e. The summed E-state index contributed by atoms with van der Waals surface area (Å²) >= 11 is 0. The number of hydrogen-bond donors (Lipinski definition) is 1. The van der Waals surface area contributed by atoms with Crippen LogP contribution in [0.2, 0.25) is 0 Å². The lowest BCUT2D eigenvalue weighted by atomic mass is 9.97. The Morgan fingerprint density at radius 2 is 2.05 bits per heavy atom. The number of nitrogens with zero attached hydrogens (tertiary/aromatic N) is 1. The SMILES string of the molecule is COC(=O)CNC(=O)[C@H](C)N1CC[C@H](C)C[C@H](C)C1. The fraction of sp³-hybridized carbons (Fsp3) is 0.857. The number of esters is 1. The van der Waals surface area contributed by atoms with Gasteiger partial charge in [0.05, 0.1) is 13.2 Å². The van der Waals surface area contributed by atoms with Crippen LogP contribution in [0.25, 0.3) is 0 Å². The lowest BCUT2D eigenvalue weighted by molar-refractivity contribution is -0.141. The van der Waals surface area contributed by atoms with Gasteiger partial charge >= 0.3 is 5.97 Å². The topological polar surface area (TPSA) is 58.6 Å². The third kappa shape index (κ3) is 5.19. The van der Waals surface area contributed by atoms with E-state index in [0.29, 0.717) is 11.8 Å². The highest BCUT2D eigenvalue weighted by molar-refractivity contribution is 5.85. The van der Waals surface area contributed by atoms with Crippen LogP contribution in [0.5, 0.6) is 0 Å². The Labute approximate surface area is 115 Å². The molecule has 0 aromatic carbocycles. The first-order chi connectivity index (χ1) is 8.93. The lowest BCUT2D eigenvalue weighted by Gasteiger charge is -2.28. The average Bonchev–Trinajstić information content (AvgIpc) is 2.55. The number of nitrogens with one attached hydrogen (secondary N) is 1. The van der Waals surface area contributed by atoms with E-state index in [1.807, 2.05) is 6.92 Å². The van der Waals surface area contributed by atoms with Crippen molar-refractivity contribution >= 4 is 11.9 Å². The molecule has 3 atom stereocenters. The largest absolute Gasteiger partial charge is 0.468 e. The summed E-state index contributed by atoms with van der Waals surface area (Å²) in [5.74, 6) is 0.796. The predicted octanol–water partition coefficient (Wildman–Crippen LogP) is 1.03. The van der Waals surface area contributed by atoms with Gasteiger partial charge in [0, 0.05) is 6.54 Å². The molecule has 0 aliphatic carbocycles. The third-order valence-electron chi connectivity index (χ3n) is 3.82. The summed E-state index contributed by atoms with van der Waals surface area (Å²) in [6.45, 7) is 8.22. The van der Waals surface area contributed by atoms with Crippen molar-refractivity contribution in [2.45, 2.75) is 39.7 Å². The maximum atomic E-state index is 12.0. The number of carbonyl (C=O) groups is 2. The van der Waals surface area contributed by atoms with Gasteiger partial charge in [-0.1, -0.05) is 13.8 Å². The molecule has 0 saturated carbocycles. The highest BCUT2D eigenvalue weighted by Gasteiger charge is 2.26. The molecule has 19 heavy (non-hydrogen) atoms. The molecule has 110 valence electrons. The van der Waals surface area contributed by atoms with Gasteiger partial charge < -0.3 is 10.1 Å². The fourth-order valence-corrected chi connectivity index (χ4v) is 2.65. The zero-order valence-corrected chi connectivity index (χ0v) is 12.4. The lowest BCUT2D eigenvalue weighted by Crippen LogP contribution is -2.47. The van der Waals surface area contributed by atoms with E-state index in [0.717, 1.165) is 19.5 Å². The van der Waals surface area contributed by atoms with Crippen LogP contribution in [0.3, 0.4) is 0 Å². The molecule has 0 aromatic heterocycles. The number of likely N-dealkylation sites (tertiary alicyclic amines) is 1. The van der Waals surface area contributed by atoms with E-state index in [9.17, 15) is 9.59 Å². The summed E-state index contributed by atoms with van der Waals surface area (Å²) in [5, 5.41) is 2.62. The Morgan fingerprint density at radius 1 is 1.37 bits per heavy atom. The van der Waals surface area contributed by atoms with Crippen LogP contribution in [-0.4, -0.2) is 49.6 Å². The van der Waals surface area contributed by atoms with Crippen molar-refractivity contribution in [3.63, 3.8) is 0 Å². The molecule has 0 unspecified atom stereocenters. The summed E-state index contributed by atoms with van der Waals surface area (Å²) < 4.78 is 4.51. The summed E-state index contributed by atoms with van der Waals surface area (Å²) in [7, 11) is 1.32. The second-order valence-electron chi connectivity index (χ2n) is 5.70. The minimum atomic E-state index is -0.418. The van der Waals surface area contributed by atoms with Gasteiger partial charge in [-0.2, -0.15) is 0 Å². The van der Waals surface area contributed by atoms with Gasteiger partial charge in [-0.05, 0) is 38.1 Å². The van der Waals surface area contributed by atoms with Crippen molar-refractivity contribution in [1.82, 2.24) is 10.2 Å². The molecule has 5 nitrogen and oxygen atoms in total. The predicted molar refractivity (Wildman–Crippen MR) is 73.6 cm³/mol. The van der Waals surface area contributed by atoms with Gasteiger partial charge in [-0.3, -0.25) is 14.5 Å². The Hall–Kier alpha value is -1.10. The second-order valence-corrected chi connectivity index (χ2v) is 5.70. The maximum absolute atomic E-state index is 12.0. The average molecular weight is 270 g/mol. The molecule has 1 saturated heterocycles. The van der Waals surface area contributed by atoms with Crippen molar-refractivity contribution < 1.29 is 14.3 Å².